The third-order valence-electron chi connectivity index (χ3n) is 5.72. The highest BCUT2D eigenvalue weighted by atomic mass is 16.2. The molecule has 156 valence electrons. The second kappa shape index (κ2) is 19.9. The Labute approximate surface area is 170 Å². The highest BCUT2D eigenvalue weighted by Crippen LogP contribution is 2.15. The molecule has 0 saturated carbocycles. The van der Waals surface area contributed by atoms with Crippen molar-refractivity contribution in [2.45, 2.75) is 122 Å². The minimum absolute atomic E-state index is 0.370. The zero-order valence-corrected chi connectivity index (χ0v) is 18.0. The average molecular weight is 375 g/mol. The van der Waals surface area contributed by atoms with Crippen LogP contribution in [-0.4, -0.2) is 11.7 Å². The van der Waals surface area contributed by atoms with Crippen LogP contribution >= 0.6 is 0 Å². The molecule has 0 aliphatic carbocycles. The van der Waals surface area contributed by atoms with Gasteiger partial charge in [0.1, 0.15) is 0 Å². The zero-order chi connectivity index (χ0) is 19.3. The van der Waals surface area contributed by atoms with Crippen molar-refractivity contribution in [1.82, 2.24) is 0 Å². The largest absolute Gasteiger partial charge is 0.396 e. The number of rotatable bonds is 20. The number of benzene rings is 1. The van der Waals surface area contributed by atoms with Crippen molar-refractivity contribution >= 4 is 0 Å². The Morgan fingerprint density at radius 1 is 0.407 bits per heavy atom. The van der Waals surface area contributed by atoms with Crippen molar-refractivity contribution in [3.05, 3.63) is 35.9 Å². The first kappa shape index (κ1) is 24.2. The van der Waals surface area contributed by atoms with Gasteiger partial charge in [0, 0.05) is 6.61 Å². The van der Waals surface area contributed by atoms with E-state index in [4.69, 9.17) is 5.11 Å². The lowest BCUT2D eigenvalue weighted by Gasteiger charge is -2.04. The van der Waals surface area contributed by atoms with Crippen LogP contribution in [0.25, 0.3) is 0 Å². The van der Waals surface area contributed by atoms with E-state index >= 15 is 0 Å². The predicted molar refractivity (Wildman–Crippen MR) is 120 cm³/mol. The number of hydrogen-bond donors (Lipinski definition) is 1. The first-order chi connectivity index (χ1) is 13.4. The predicted octanol–water partition coefficient (Wildman–Crippen LogP) is 8.24. The van der Waals surface area contributed by atoms with E-state index in [1.807, 2.05) is 0 Å². The van der Waals surface area contributed by atoms with Gasteiger partial charge in [-0.1, -0.05) is 133 Å². The first-order valence-corrected chi connectivity index (χ1v) is 12.1. The first-order valence-electron chi connectivity index (χ1n) is 12.1. The Hall–Kier alpha value is -0.820. The van der Waals surface area contributed by atoms with Crippen LogP contribution in [0, 0.1) is 0 Å². The Morgan fingerprint density at radius 2 is 0.741 bits per heavy atom. The van der Waals surface area contributed by atoms with E-state index in [9.17, 15) is 0 Å². The molecular formula is C26H46O. The molecule has 0 spiro atoms. The molecule has 0 aliphatic rings. The Morgan fingerprint density at radius 3 is 1.11 bits per heavy atom. The van der Waals surface area contributed by atoms with E-state index in [2.05, 4.69) is 30.3 Å². The Balaban J connectivity index is 1.67. The smallest absolute Gasteiger partial charge is 0.0431 e. The summed E-state index contributed by atoms with van der Waals surface area (Å²) >= 11 is 0. The number of hydrogen-bond acceptors (Lipinski definition) is 1. The maximum Gasteiger partial charge on any atom is 0.0431 e. The molecule has 0 bridgehead atoms. The van der Waals surface area contributed by atoms with Gasteiger partial charge < -0.3 is 5.11 Å². The van der Waals surface area contributed by atoms with Gasteiger partial charge >= 0.3 is 0 Å². The third kappa shape index (κ3) is 17.0. The van der Waals surface area contributed by atoms with Crippen LogP contribution in [0.3, 0.4) is 0 Å². The normalized spacial score (nSPS) is 11.1. The van der Waals surface area contributed by atoms with Gasteiger partial charge in [-0.25, -0.2) is 0 Å². The molecule has 0 saturated heterocycles. The summed E-state index contributed by atoms with van der Waals surface area (Å²) in [5.74, 6) is 0. The van der Waals surface area contributed by atoms with Gasteiger partial charge in [0.15, 0.2) is 0 Å². The second-order valence-corrected chi connectivity index (χ2v) is 8.32. The Kier molecular flexibility index (Phi) is 17.9. The van der Waals surface area contributed by atoms with Crippen LogP contribution < -0.4 is 0 Å². The summed E-state index contributed by atoms with van der Waals surface area (Å²) in [5, 5.41) is 8.74. The Bertz CT molecular complexity index is 386. The van der Waals surface area contributed by atoms with Gasteiger partial charge in [-0.3, -0.25) is 0 Å². The fourth-order valence-electron chi connectivity index (χ4n) is 3.91. The molecule has 0 radical (unpaired) electrons. The summed E-state index contributed by atoms with van der Waals surface area (Å²) in [6, 6.07) is 10.9. The van der Waals surface area contributed by atoms with Crippen LogP contribution in [-0.2, 0) is 6.42 Å². The van der Waals surface area contributed by atoms with Crippen LogP contribution in [0.1, 0.15) is 121 Å². The lowest BCUT2D eigenvalue weighted by atomic mass is 10.0. The summed E-state index contributed by atoms with van der Waals surface area (Å²) in [5.41, 5.74) is 1.50. The van der Waals surface area contributed by atoms with E-state index in [0.717, 1.165) is 6.42 Å². The minimum Gasteiger partial charge on any atom is -0.396 e. The molecule has 0 aliphatic heterocycles. The summed E-state index contributed by atoms with van der Waals surface area (Å²) in [6.45, 7) is 0.370. The molecule has 0 amide bonds. The standard InChI is InChI=1S/C26H46O/c27-25-21-16-14-12-10-8-6-4-2-1-3-5-7-9-11-13-15-18-22-26-23-19-17-20-24-26/h17,19-20,23-24,27H,1-16,18,21-22,25H2. The van der Waals surface area contributed by atoms with Gasteiger partial charge in [0.2, 0.25) is 0 Å². The SMILES string of the molecule is OCCCCCCCCCCCCCCCCCCCCc1ccccc1. The molecule has 0 aromatic heterocycles. The number of aryl methyl sites for hydroxylation is 1. The van der Waals surface area contributed by atoms with E-state index in [1.165, 1.54) is 121 Å². The van der Waals surface area contributed by atoms with E-state index < -0.39 is 0 Å². The molecular weight excluding hydrogens is 328 g/mol. The molecule has 0 heterocycles. The van der Waals surface area contributed by atoms with Gasteiger partial charge in [-0.05, 0) is 24.8 Å². The fraction of sp³-hybridized carbons (Fsp3) is 0.769. The molecule has 0 unspecified atom stereocenters. The summed E-state index contributed by atoms with van der Waals surface area (Å²) in [6.07, 6.45) is 26.2. The summed E-state index contributed by atoms with van der Waals surface area (Å²) in [4.78, 5) is 0. The molecule has 27 heavy (non-hydrogen) atoms. The van der Waals surface area contributed by atoms with E-state index in [0.29, 0.717) is 6.61 Å². The quantitative estimate of drug-likeness (QED) is 0.228. The van der Waals surface area contributed by atoms with Crippen molar-refractivity contribution in [2.24, 2.45) is 0 Å². The van der Waals surface area contributed by atoms with Gasteiger partial charge in [-0.15, -0.1) is 0 Å². The molecule has 1 N–H and O–H groups in total. The van der Waals surface area contributed by atoms with E-state index in [-0.39, 0.29) is 0 Å². The van der Waals surface area contributed by atoms with Crippen molar-refractivity contribution in [2.75, 3.05) is 6.61 Å². The van der Waals surface area contributed by atoms with Crippen molar-refractivity contribution in [3.8, 4) is 0 Å². The van der Waals surface area contributed by atoms with Crippen molar-refractivity contribution in [3.63, 3.8) is 0 Å². The second-order valence-electron chi connectivity index (χ2n) is 8.32. The number of aliphatic hydroxyl groups is 1. The van der Waals surface area contributed by atoms with Gasteiger partial charge in [0.25, 0.3) is 0 Å². The molecule has 1 aromatic rings. The lowest BCUT2D eigenvalue weighted by Crippen LogP contribution is -1.86. The molecule has 1 rings (SSSR count). The van der Waals surface area contributed by atoms with Gasteiger partial charge in [-0.2, -0.15) is 0 Å². The van der Waals surface area contributed by atoms with Crippen LogP contribution in [0.5, 0.6) is 0 Å². The lowest BCUT2D eigenvalue weighted by molar-refractivity contribution is 0.282. The molecule has 0 atom stereocenters. The van der Waals surface area contributed by atoms with Crippen LogP contribution in [0.2, 0.25) is 0 Å². The third-order valence-corrected chi connectivity index (χ3v) is 5.72. The topological polar surface area (TPSA) is 20.2 Å². The van der Waals surface area contributed by atoms with E-state index in [1.54, 1.807) is 0 Å². The maximum absolute atomic E-state index is 8.74. The van der Waals surface area contributed by atoms with Crippen LogP contribution in [0.15, 0.2) is 30.3 Å². The number of aliphatic hydroxyl groups excluding tert-OH is 1. The zero-order valence-electron chi connectivity index (χ0n) is 18.0. The summed E-state index contributed by atoms with van der Waals surface area (Å²) in [7, 11) is 0. The van der Waals surface area contributed by atoms with Crippen LogP contribution in [0.4, 0.5) is 0 Å². The maximum atomic E-state index is 8.74. The number of unbranched alkanes of at least 4 members (excludes halogenated alkanes) is 17. The molecule has 0 fully saturated rings. The average Bonchev–Trinajstić information content (AvgIpc) is 2.70. The monoisotopic (exact) mass is 374 g/mol. The molecule has 1 aromatic carbocycles. The summed E-state index contributed by atoms with van der Waals surface area (Å²) < 4.78 is 0. The van der Waals surface area contributed by atoms with Gasteiger partial charge in [0.05, 0.1) is 0 Å². The van der Waals surface area contributed by atoms with Crippen molar-refractivity contribution < 1.29 is 5.11 Å². The fourth-order valence-corrected chi connectivity index (χ4v) is 3.91. The molecule has 1 nitrogen and oxygen atoms in total. The minimum atomic E-state index is 0.370. The highest BCUT2D eigenvalue weighted by molar-refractivity contribution is 5.14. The molecule has 1 heteroatoms. The highest BCUT2D eigenvalue weighted by Gasteiger charge is 1.96. The van der Waals surface area contributed by atoms with Crippen molar-refractivity contribution in [1.29, 1.82) is 0 Å².